The molecule has 1 aliphatic heterocycles. The van der Waals surface area contributed by atoms with Crippen LogP contribution in [-0.2, 0) is 4.79 Å². The average molecular weight is 428 g/mol. The van der Waals surface area contributed by atoms with Crippen LogP contribution >= 0.6 is 12.2 Å². The molecular weight excluding hydrogens is 408 g/mol. The second-order valence-electron chi connectivity index (χ2n) is 6.74. The molecule has 1 heterocycles. The molecule has 9 nitrogen and oxygen atoms in total. The largest absolute Gasteiger partial charge is 0.500 e. The van der Waals surface area contributed by atoms with Crippen molar-refractivity contribution in [2.45, 2.75) is 19.9 Å². The number of methoxy groups -OCH3 is 1. The number of nitro benzene ring substituents is 1. The SMILES string of the molecule is COc1cc([C@H]2NC(=S)NC(C)=C2C(=O)Nc2ccc(C)cc2)cc([N+](=O)[O-])c1O. The zero-order valence-corrected chi connectivity index (χ0v) is 17.3. The summed E-state index contributed by atoms with van der Waals surface area (Å²) in [6.07, 6.45) is 0. The molecule has 1 atom stereocenters. The maximum Gasteiger partial charge on any atom is 0.315 e. The molecule has 10 heteroatoms. The van der Waals surface area contributed by atoms with Gasteiger partial charge in [0, 0.05) is 17.5 Å². The summed E-state index contributed by atoms with van der Waals surface area (Å²) in [7, 11) is 1.29. The highest BCUT2D eigenvalue weighted by molar-refractivity contribution is 7.80. The van der Waals surface area contributed by atoms with Gasteiger partial charge in [0.05, 0.1) is 23.6 Å². The zero-order chi connectivity index (χ0) is 22.0. The third-order valence-electron chi connectivity index (χ3n) is 4.65. The lowest BCUT2D eigenvalue weighted by atomic mass is 9.94. The van der Waals surface area contributed by atoms with Crippen molar-refractivity contribution in [2.75, 3.05) is 12.4 Å². The highest BCUT2D eigenvalue weighted by Crippen LogP contribution is 2.40. The predicted octanol–water partition coefficient (Wildman–Crippen LogP) is 3.05. The first-order chi connectivity index (χ1) is 14.2. The van der Waals surface area contributed by atoms with E-state index < -0.39 is 28.3 Å². The second kappa shape index (κ2) is 8.37. The number of nitro groups is 1. The Balaban J connectivity index is 2.05. The standard InChI is InChI=1S/C20H20N4O5S/c1-10-4-6-13(7-5-10)22-19(26)16-11(2)21-20(30)23-17(16)12-8-14(24(27)28)18(25)15(9-12)29-3/h4-9,17,25H,1-3H3,(H,22,26)(H2,21,23,30)/t17-/m1/s1. The molecular formula is C20H20N4O5S. The van der Waals surface area contributed by atoms with E-state index in [0.29, 0.717) is 22.5 Å². The molecule has 0 saturated carbocycles. The van der Waals surface area contributed by atoms with Gasteiger partial charge in [-0.25, -0.2) is 0 Å². The molecule has 0 radical (unpaired) electrons. The van der Waals surface area contributed by atoms with E-state index in [1.54, 1.807) is 19.1 Å². The van der Waals surface area contributed by atoms with Gasteiger partial charge in [0.1, 0.15) is 0 Å². The Kier molecular flexibility index (Phi) is 5.88. The summed E-state index contributed by atoms with van der Waals surface area (Å²) < 4.78 is 5.08. The Morgan fingerprint density at radius 1 is 1.27 bits per heavy atom. The minimum absolute atomic E-state index is 0.0820. The molecule has 3 rings (SSSR count). The van der Waals surface area contributed by atoms with E-state index in [0.717, 1.165) is 5.56 Å². The van der Waals surface area contributed by atoms with E-state index in [1.165, 1.54) is 19.2 Å². The lowest BCUT2D eigenvalue weighted by Crippen LogP contribution is -2.45. The number of hydrogen-bond acceptors (Lipinski definition) is 6. The van der Waals surface area contributed by atoms with Crippen molar-refractivity contribution < 1.29 is 19.6 Å². The number of thiocarbonyl (C=S) groups is 1. The first-order valence-electron chi connectivity index (χ1n) is 8.93. The predicted molar refractivity (Wildman–Crippen MR) is 115 cm³/mol. The number of ether oxygens (including phenoxy) is 1. The maximum absolute atomic E-state index is 13.1. The Hall–Kier alpha value is -3.66. The van der Waals surface area contributed by atoms with Gasteiger partial charge in [-0.3, -0.25) is 14.9 Å². The van der Waals surface area contributed by atoms with Crippen LogP contribution in [0.1, 0.15) is 24.1 Å². The highest BCUT2D eigenvalue weighted by atomic mass is 32.1. The zero-order valence-electron chi connectivity index (χ0n) is 16.5. The molecule has 30 heavy (non-hydrogen) atoms. The lowest BCUT2D eigenvalue weighted by molar-refractivity contribution is -0.386. The monoisotopic (exact) mass is 428 g/mol. The van der Waals surface area contributed by atoms with Crippen LogP contribution in [0, 0.1) is 17.0 Å². The molecule has 2 aromatic carbocycles. The summed E-state index contributed by atoms with van der Waals surface area (Å²) >= 11 is 5.21. The number of amides is 1. The summed E-state index contributed by atoms with van der Waals surface area (Å²) in [6, 6.07) is 9.12. The van der Waals surface area contributed by atoms with E-state index >= 15 is 0 Å². The Morgan fingerprint density at radius 2 is 1.93 bits per heavy atom. The first kappa shape index (κ1) is 21.1. The third kappa shape index (κ3) is 4.18. The highest BCUT2D eigenvalue weighted by Gasteiger charge is 2.32. The molecule has 0 saturated heterocycles. The molecule has 1 amide bonds. The minimum atomic E-state index is -0.794. The number of phenols is 1. The van der Waals surface area contributed by atoms with Gasteiger partial charge in [0.25, 0.3) is 5.91 Å². The molecule has 0 fully saturated rings. The smallest absolute Gasteiger partial charge is 0.315 e. The van der Waals surface area contributed by atoms with E-state index in [1.807, 2.05) is 19.1 Å². The van der Waals surface area contributed by atoms with Crippen LogP contribution in [-0.4, -0.2) is 28.2 Å². The van der Waals surface area contributed by atoms with Crippen molar-refractivity contribution in [3.05, 3.63) is 68.9 Å². The number of nitrogens with zero attached hydrogens (tertiary/aromatic N) is 1. The normalized spacial score (nSPS) is 15.8. The molecule has 0 bridgehead atoms. The fourth-order valence-electron chi connectivity index (χ4n) is 3.16. The van der Waals surface area contributed by atoms with Gasteiger partial charge in [0.15, 0.2) is 10.9 Å². The van der Waals surface area contributed by atoms with Crippen LogP contribution in [0.25, 0.3) is 0 Å². The lowest BCUT2D eigenvalue weighted by Gasteiger charge is -2.30. The number of carbonyl (C=O) groups is 1. The number of carbonyl (C=O) groups excluding carboxylic acids is 1. The third-order valence-corrected chi connectivity index (χ3v) is 4.87. The van der Waals surface area contributed by atoms with Crippen molar-refractivity contribution in [3.63, 3.8) is 0 Å². The van der Waals surface area contributed by atoms with Gasteiger partial charge in [-0.2, -0.15) is 0 Å². The number of aromatic hydroxyl groups is 1. The van der Waals surface area contributed by atoms with Crippen LogP contribution in [0.4, 0.5) is 11.4 Å². The number of benzene rings is 2. The number of anilines is 1. The molecule has 156 valence electrons. The van der Waals surface area contributed by atoms with Gasteiger partial charge >= 0.3 is 5.69 Å². The number of hydrogen-bond donors (Lipinski definition) is 4. The molecule has 4 N–H and O–H groups in total. The topological polar surface area (TPSA) is 126 Å². The van der Waals surface area contributed by atoms with Crippen LogP contribution in [0.5, 0.6) is 11.5 Å². The van der Waals surface area contributed by atoms with Gasteiger partial charge in [0.2, 0.25) is 5.75 Å². The Morgan fingerprint density at radius 3 is 2.53 bits per heavy atom. The Bertz CT molecular complexity index is 1070. The van der Waals surface area contributed by atoms with Gasteiger partial charge in [-0.1, -0.05) is 17.7 Å². The summed E-state index contributed by atoms with van der Waals surface area (Å²) in [6.45, 7) is 3.63. The summed E-state index contributed by atoms with van der Waals surface area (Å²) in [5.74, 6) is -1.07. The van der Waals surface area contributed by atoms with E-state index in [2.05, 4.69) is 16.0 Å². The molecule has 0 aromatic heterocycles. The minimum Gasteiger partial charge on any atom is -0.500 e. The maximum atomic E-state index is 13.1. The molecule has 1 aliphatic rings. The molecule has 2 aromatic rings. The summed E-state index contributed by atoms with van der Waals surface area (Å²) in [5, 5.41) is 30.4. The second-order valence-corrected chi connectivity index (χ2v) is 7.15. The van der Waals surface area contributed by atoms with E-state index in [-0.39, 0.29) is 10.9 Å². The van der Waals surface area contributed by atoms with Crippen LogP contribution in [0.2, 0.25) is 0 Å². The quantitative estimate of drug-likeness (QED) is 0.325. The first-order valence-corrected chi connectivity index (χ1v) is 9.33. The van der Waals surface area contributed by atoms with Crippen molar-refractivity contribution in [3.8, 4) is 11.5 Å². The molecule has 0 spiro atoms. The Labute approximate surface area is 177 Å². The number of nitrogens with one attached hydrogen (secondary N) is 3. The van der Waals surface area contributed by atoms with Crippen LogP contribution < -0.4 is 20.7 Å². The summed E-state index contributed by atoms with van der Waals surface area (Å²) in [5.41, 5.74) is 2.26. The van der Waals surface area contributed by atoms with E-state index in [4.69, 9.17) is 17.0 Å². The van der Waals surface area contributed by atoms with Gasteiger partial charge in [-0.15, -0.1) is 0 Å². The fraction of sp³-hybridized carbons (Fsp3) is 0.200. The van der Waals surface area contributed by atoms with Gasteiger partial charge in [-0.05, 0) is 49.8 Å². The fourth-order valence-corrected chi connectivity index (χ4v) is 3.43. The average Bonchev–Trinajstić information content (AvgIpc) is 2.69. The number of allylic oxidation sites excluding steroid dienone is 1. The number of rotatable bonds is 5. The van der Waals surface area contributed by atoms with Crippen molar-refractivity contribution >= 4 is 34.6 Å². The van der Waals surface area contributed by atoms with Crippen molar-refractivity contribution in [1.82, 2.24) is 10.6 Å². The van der Waals surface area contributed by atoms with Crippen molar-refractivity contribution in [1.29, 1.82) is 0 Å². The number of aryl methyl sites for hydroxylation is 1. The summed E-state index contributed by atoms with van der Waals surface area (Å²) in [4.78, 5) is 23.7. The number of phenolic OH excluding ortho intramolecular Hbond substituents is 1. The van der Waals surface area contributed by atoms with Gasteiger partial charge < -0.3 is 25.8 Å². The van der Waals surface area contributed by atoms with E-state index in [9.17, 15) is 20.0 Å². The van der Waals surface area contributed by atoms with Crippen LogP contribution in [0.15, 0.2) is 47.7 Å². The van der Waals surface area contributed by atoms with Crippen LogP contribution in [0.3, 0.4) is 0 Å². The van der Waals surface area contributed by atoms with Crippen molar-refractivity contribution in [2.24, 2.45) is 0 Å². The molecule has 0 unspecified atom stereocenters. The molecule has 0 aliphatic carbocycles.